The molecule has 98 valence electrons. The Hall–Kier alpha value is 0.310. The molecule has 1 N–H and O–H groups in total. The van der Waals surface area contributed by atoms with Crippen LogP contribution in [0.4, 0.5) is 0 Å². The minimum absolute atomic E-state index is 0.359. The fourth-order valence-corrected chi connectivity index (χ4v) is 2.78. The lowest BCUT2D eigenvalue weighted by Crippen LogP contribution is -1.88. The van der Waals surface area contributed by atoms with E-state index >= 15 is 0 Å². The van der Waals surface area contributed by atoms with Crippen molar-refractivity contribution in [2.75, 3.05) is 18.1 Å². The number of hydrogen-bond donors (Lipinski definition) is 1. The molecule has 0 saturated carbocycles. The van der Waals surface area contributed by atoms with Crippen LogP contribution in [0.25, 0.3) is 0 Å². The lowest BCUT2D eigenvalue weighted by atomic mass is 10.1. The van der Waals surface area contributed by atoms with E-state index < -0.39 is 0 Å². The second kappa shape index (κ2) is 15.3. The molecule has 0 aliphatic rings. The third-order valence-corrected chi connectivity index (χ3v) is 3.99. The first-order chi connectivity index (χ1) is 7.91. The average molecular weight is 246 g/mol. The highest BCUT2D eigenvalue weighted by molar-refractivity contribution is 7.99. The third kappa shape index (κ3) is 14.3. The molecule has 1 nitrogen and oxygen atoms in total. The molecule has 0 atom stereocenters. The predicted octanol–water partition coefficient (Wildman–Crippen LogP) is 4.63. The minimum atomic E-state index is 0.359. The first-order valence-corrected chi connectivity index (χ1v) is 8.26. The van der Waals surface area contributed by atoms with E-state index in [4.69, 9.17) is 5.11 Å². The van der Waals surface area contributed by atoms with Crippen LogP contribution < -0.4 is 0 Å². The van der Waals surface area contributed by atoms with Crippen molar-refractivity contribution in [3.05, 3.63) is 0 Å². The fourth-order valence-electron chi connectivity index (χ4n) is 1.76. The van der Waals surface area contributed by atoms with Gasteiger partial charge in [0.25, 0.3) is 0 Å². The molecule has 0 aliphatic heterocycles. The molecule has 0 fully saturated rings. The van der Waals surface area contributed by atoms with Crippen LogP contribution >= 0.6 is 11.8 Å². The van der Waals surface area contributed by atoms with E-state index in [1.807, 2.05) is 0 Å². The Kier molecular flexibility index (Phi) is 15.6. The molecule has 0 heterocycles. The molecule has 16 heavy (non-hydrogen) atoms. The number of aliphatic hydroxyl groups excluding tert-OH is 1. The summed E-state index contributed by atoms with van der Waals surface area (Å²) in [6, 6.07) is 0. The van der Waals surface area contributed by atoms with Gasteiger partial charge >= 0.3 is 0 Å². The summed E-state index contributed by atoms with van der Waals surface area (Å²) < 4.78 is 0. The van der Waals surface area contributed by atoms with Gasteiger partial charge in [0.2, 0.25) is 0 Å². The van der Waals surface area contributed by atoms with Crippen molar-refractivity contribution >= 4 is 11.8 Å². The van der Waals surface area contributed by atoms with Crippen molar-refractivity contribution in [1.29, 1.82) is 0 Å². The van der Waals surface area contributed by atoms with Crippen LogP contribution in [0, 0.1) is 0 Å². The molecule has 0 aromatic carbocycles. The second-order valence-corrected chi connectivity index (χ2v) is 5.74. The molecule has 0 saturated heterocycles. The highest BCUT2D eigenvalue weighted by Gasteiger charge is 1.93. The molecule has 0 bridgehead atoms. The summed E-state index contributed by atoms with van der Waals surface area (Å²) in [6.45, 7) is 2.63. The highest BCUT2D eigenvalue weighted by atomic mass is 32.2. The number of aliphatic hydroxyl groups is 1. The summed E-state index contributed by atoms with van der Waals surface area (Å²) in [5.74, 6) is 2.55. The van der Waals surface area contributed by atoms with Crippen LogP contribution in [-0.4, -0.2) is 23.2 Å². The van der Waals surface area contributed by atoms with Crippen LogP contribution in [0.2, 0.25) is 0 Å². The van der Waals surface area contributed by atoms with E-state index in [0.717, 1.165) is 6.42 Å². The molecule has 2 heteroatoms. The van der Waals surface area contributed by atoms with E-state index in [1.165, 1.54) is 69.3 Å². The van der Waals surface area contributed by atoms with Crippen molar-refractivity contribution in [3.8, 4) is 0 Å². The Labute approximate surface area is 106 Å². The summed E-state index contributed by atoms with van der Waals surface area (Å²) in [7, 11) is 0. The molecule has 0 radical (unpaired) electrons. The number of hydrogen-bond acceptors (Lipinski definition) is 2. The van der Waals surface area contributed by atoms with Gasteiger partial charge < -0.3 is 5.11 Å². The molecule has 0 unspecified atom stereocenters. The van der Waals surface area contributed by atoms with Crippen molar-refractivity contribution in [2.45, 2.75) is 71.1 Å². The van der Waals surface area contributed by atoms with Crippen molar-refractivity contribution in [3.63, 3.8) is 0 Å². The third-order valence-electron chi connectivity index (χ3n) is 2.84. The maximum atomic E-state index is 8.62. The normalized spacial score (nSPS) is 10.9. The van der Waals surface area contributed by atoms with E-state index in [-0.39, 0.29) is 0 Å². The average Bonchev–Trinajstić information content (AvgIpc) is 2.31. The molecule has 0 spiro atoms. The first kappa shape index (κ1) is 16.3. The highest BCUT2D eigenvalue weighted by Crippen LogP contribution is 2.12. The lowest BCUT2D eigenvalue weighted by Gasteiger charge is -2.02. The largest absolute Gasteiger partial charge is 0.396 e. The number of rotatable bonds is 13. The molecule has 0 rings (SSSR count). The Morgan fingerprint density at radius 3 is 1.75 bits per heavy atom. The van der Waals surface area contributed by atoms with Gasteiger partial charge in [0.1, 0.15) is 0 Å². The number of thioether (sulfide) groups is 1. The van der Waals surface area contributed by atoms with Crippen LogP contribution in [-0.2, 0) is 0 Å². The van der Waals surface area contributed by atoms with Gasteiger partial charge in [-0.15, -0.1) is 0 Å². The maximum Gasteiger partial charge on any atom is 0.0431 e. The Morgan fingerprint density at radius 2 is 1.19 bits per heavy atom. The zero-order chi connectivity index (χ0) is 11.9. The van der Waals surface area contributed by atoms with Gasteiger partial charge in [-0.25, -0.2) is 0 Å². The summed E-state index contributed by atoms with van der Waals surface area (Å²) >= 11 is 2.05. The Morgan fingerprint density at radius 1 is 0.688 bits per heavy atom. The molecule has 0 aliphatic carbocycles. The van der Waals surface area contributed by atoms with Gasteiger partial charge in [0, 0.05) is 6.61 Å². The molecule has 0 aromatic rings. The van der Waals surface area contributed by atoms with Crippen LogP contribution in [0.5, 0.6) is 0 Å². The fraction of sp³-hybridized carbons (Fsp3) is 1.00. The summed E-state index contributed by atoms with van der Waals surface area (Å²) in [5.41, 5.74) is 0. The van der Waals surface area contributed by atoms with E-state index in [9.17, 15) is 0 Å². The molecule has 0 aromatic heterocycles. The van der Waals surface area contributed by atoms with Crippen molar-refractivity contribution < 1.29 is 5.11 Å². The second-order valence-electron chi connectivity index (χ2n) is 4.52. The smallest absolute Gasteiger partial charge is 0.0431 e. The Bertz CT molecular complexity index is 103. The predicted molar refractivity (Wildman–Crippen MR) is 76.3 cm³/mol. The van der Waals surface area contributed by atoms with Gasteiger partial charge in [0.15, 0.2) is 0 Å². The van der Waals surface area contributed by atoms with Crippen LogP contribution in [0.3, 0.4) is 0 Å². The lowest BCUT2D eigenvalue weighted by molar-refractivity contribution is 0.287. The number of unbranched alkanes of at least 4 members (excludes halogenated alkanes) is 8. The van der Waals surface area contributed by atoms with Crippen LogP contribution in [0.1, 0.15) is 71.1 Å². The van der Waals surface area contributed by atoms with E-state index in [2.05, 4.69) is 18.7 Å². The summed E-state index contributed by atoms with van der Waals surface area (Å²) in [5, 5.41) is 8.62. The Balaban J connectivity index is 2.83. The minimum Gasteiger partial charge on any atom is -0.396 e. The van der Waals surface area contributed by atoms with E-state index in [0.29, 0.717) is 6.61 Å². The van der Waals surface area contributed by atoms with Gasteiger partial charge in [-0.3, -0.25) is 0 Å². The van der Waals surface area contributed by atoms with Crippen molar-refractivity contribution in [1.82, 2.24) is 0 Å². The summed E-state index contributed by atoms with van der Waals surface area (Å²) in [6.07, 6.45) is 13.5. The van der Waals surface area contributed by atoms with E-state index in [1.54, 1.807) is 0 Å². The molecular formula is C14H30OS. The summed E-state index contributed by atoms with van der Waals surface area (Å²) in [4.78, 5) is 0. The topological polar surface area (TPSA) is 20.2 Å². The van der Waals surface area contributed by atoms with Gasteiger partial charge in [-0.05, 0) is 30.8 Å². The standard InChI is InChI=1S/C14H30OS/c1-2-3-4-5-6-7-8-10-13-16-14-11-9-12-15/h15H,2-14H2,1H3. The van der Waals surface area contributed by atoms with Gasteiger partial charge in [-0.2, -0.15) is 11.8 Å². The van der Waals surface area contributed by atoms with Crippen molar-refractivity contribution in [2.24, 2.45) is 0 Å². The zero-order valence-electron chi connectivity index (χ0n) is 11.0. The molecular weight excluding hydrogens is 216 g/mol. The molecule has 0 amide bonds. The quantitative estimate of drug-likeness (QED) is 0.478. The first-order valence-electron chi connectivity index (χ1n) is 7.10. The monoisotopic (exact) mass is 246 g/mol. The maximum absolute atomic E-state index is 8.62. The zero-order valence-corrected chi connectivity index (χ0v) is 11.9. The SMILES string of the molecule is CCCCCCCCCCSCCCCO. The van der Waals surface area contributed by atoms with Crippen LogP contribution in [0.15, 0.2) is 0 Å². The van der Waals surface area contributed by atoms with Gasteiger partial charge in [-0.1, -0.05) is 51.9 Å². The van der Waals surface area contributed by atoms with Gasteiger partial charge in [0.05, 0.1) is 0 Å².